The van der Waals surface area contributed by atoms with Crippen LogP contribution >= 0.6 is 0 Å². The Labute approximate surface area is 705 Å². The van der Waals surface area contributed by atoms with Gasteiger partial charge in [0.2, 0.25) is 17.7 Å². The van der Waals surface area contributed by atoms with Gasteiger partial charge in [0, 0.05) is 45.4 Å². The Morgan fingerprint density at radius 3 is 1.30 bits per heavy atom. The average Bonchev–Trinajstić information content (AvgIpc) is 0.746. The van der Waals surface area contributed by atoms with Gasteiger partial charge in [-0.05, 0) is 19.8 Å². The highest BCUT2D eigenvalue weighted by molar-refractivity contribution is 5.78. The Bertz CT molecular complexity index is 2880. The number of aliphatic carboxylic acids is 2. The van der Waals surface area contributed by atoms with E-state index in [1.165, 1.54) is 128 Å². The summed E-state index contributed by atoms with van der Waals surface area (Å²) in [7, 11) is 0. The third-order valence-electron chi connectivity index (χ3n) is 23.6. The monoisotopic (exact) mass is 1730 g/mol. The lowest BCUT2D eigenvalue weighted by Gasteiger charge is -2.52. The molecular formula is C83H149N3O34. The van der Waals surface area contributed by atoms with Crippen LogP contribution in [0.15, 0.2) is 0 Å². The van der Waals surface area contributed by atoms with Gasteiger partial charge >= 0.3 is 11.9 Å². The maximum atomic E-state index is 14.2. The molecule has 700 valence electrons. The number of rotatable bonds is 62. The molecule has 0 aromatic heterocycles. The van der Waals surface area contributed by atoms with Gasteiger partial charge in [-0.15, -0.1) is 0 Å². The molecule has 5 rings (SSSR count). The molecule has 21 N–H and O–H groups in total. The fourth-order valence-electron chi connectivity index (χ4n) is 16.7. The number of ketones is 1. The van der Waals surface area contributed by atoms with Crippen molar-refractivity contribution in [2.24, 2.45) is 5.92 Å². The number of ether oxygens (including phenoxy) is 10. The first-order chi connectivity index (χ1) is 57.3. The van der Waals surface area contributed by atoms with Crippen LogP contribution in [-0.2, 0) is 76.1 Å². The van der Waals surface area contributed by atoms with E-state index in [1.54, 1.807) is 0 Å². The first kappa shape index (κ1) is 107. The van der Waals surface area contributed by atoms with Crippen LogP contribution in [0.3, 0.4) is 0 Å². The molecule has 0 saturated carbocycles. The first-order valence-electron chi connectivity index (χ1n) is 44.3. The first-order valence-corrected chi connectivity index (χ1v) is 44.3. The third kappa shape index (κ3) is 33.3. The van der Waals surface area contributed by atoms with E-state index in [1.807, 2.05) is 0 Å². The molecule has 120 heavy (non-hydrogen) atoms. The Hall–Kier alpha value is -4.02. The zero-order chi connectivity index (χ0) is 88.7. The van der Waals surface area contributed by atoms with Crippen LogP contribution in [0.25, 0.3) is 0 Å². The van der Waals surface area contributed by atoms with Crippen molar-refractivity contribution in [2.75, 3.05) is 39.6 Å². The number of nitrogens with one attached hydrogen (secondary N) is 3. The van der Waals surface area contributed by atoms with E-state index in [9.17, 15) is 121 Å². The summed E-state index contributed by atoms with van der Waals surface area (Å²) in [5.41, 5.74) is 0. The van der Waals surface area contributed by atoms with E-state index in [0.29, 0.717) is 12.8 Å². The lowest BCUT2D eigenvalue weighted by molar-refractivity contribution is -0.404. The van der Waals surface area contributed by atoms with Crippen LogP contribution in [0.5, 0.6) is 0 Å². The van der Waals surface area contributed by atoms with Crippen LogP contribution in [-0.4, -0.2) is 338 Å². The number of carboxylic acid groups (broad SMARTS) is 2. The van der Waals surface area contributed by atoms with E-state index in [0.717, 1.165) is 85.0 Å². The maximum absolute atomic E-state index is 14.2. The topological polar surface area (TPSA) is 595 Å². The smallest absolute Gasteiger partial charge is 0.364 e. The van der Waals surface area contributed by atoms with Crippen LogP contribution < -0.4 is 16.0 Å². The van der Waals surface area contributed by atoms with Crippen molar-refractivity contribution in [1.29, 1.82) is 0 Å². The van der Waals surface area contributed by atoms with Gasteiger partial charge in [-0.3, -0.25) is 14.4 Å². The highest BCUT2D eigenvalue weighted by Crippen LogP contribution is 2.43. The quantitative estimate of drug-likeness (QED) is 0.0380. The minimum atomic E-state index is -3.57. The fourth-order valence-corrected chi connectivity index (χ4v) is 16.7. The number of carbonyl (C=O) groups is 6. The van der Waals surface area contributed by atoms with Gasteiger partial charge in [0.05, 0.1) is 82.2 Å². The lowest BCUT2D eigenvalue weighted by atomic mass is 9.86. The number of Topliss-reactive ketones (excluding diaryl/α,β-unsaturated/α-hetero) is 1. The number of carboxylic acids is 2. The van der Waals surface area contributed by atoms with Crippen LogP contribution in [0.4, 0.5) is 0 Å². The van der Waals surface area contributed by atoms with Gasteiger partial charge in [0.25, 0.3) is 11.6 Å². The largest absolute Gasteiger partial charge is 0.477 e. The second-order valence-corrected chi connectivity index (χ2v) is 33.5. The van der Waals surface area contributed by atoms with Crippen molar-refractivity contribution >= 4 is 35.4 Å². The molecule has 37 heteroatoms. The third-order valence-corrected chi connectivity index (χ3v) is 23.6. The molecule has 3 amide bonds. The lowest BCUT2D eigenvalue weighted by Crippen LogP contribution is -2.72. The van der Waals surface area contributed by atoms with Crippen LogP contribution in [0.1, 0.15) is 272 Å². The van der Waals surface area contributed by atoms with Crippen molar-refractivity contribution in [2.45, 2.75) is 443 Å². The summed E-state index contributed by atoms with van der Waals surface area (Å²) in [6.45, 7) is 0.822. The minimum absolute atomic E-state index is 0.140. The predicted molar refractivity (Wildman–Crippen MR) is 427 cm³/mol. The molecule has 5 aliphatic rings. The highest BCUT2D eigenvalue weighted by atomic mass is 16.8. The summed E-state index contributed by atoms with van der Waals surface area (Å²) in [5, 5.41) is 211. The highest BCUT2D eigenvalue weighted by Gasteiger charge is 2.64. The van der Waals surface area contributed by atoms with E-state index in [-0.39, 0.29) is 18.7 Å². The average molecular weight is 1730 g/mol. The number of hydrogen-bond acceptors (Lipinski definition) is 32. The predicted octanol–water partition coefficient (Wildman–Crippen LogP) is 1.18. The molecule has 29 atom stereocenters. The molecule has 5 heterocycles. The van der Waals surface area contributed by atoms with Crippen LogP contribution in [0, 0.1) is 5.92 Å². The Kier molecular flexibility index (Phi) is 49.9. The molecular weight excluding hydrogens is 1580 g/mol. The van der Waals surface area contributed by atoms with Gasteiger partial charge in [0.1, 0.15) is 103 Å². The van der Waals surface area contributed by atoms with Gasteiger partial charge in [-0.2, -0.15) is 0 Å². The van der Waals surface area contributed by atoms with Crippen LogP contribution in [0.2, 0.25) is 0 Å². The molecule has 37 nitrogen and oxygen atoms in total. The molecule has 0 radical (unpaired) electrons. The number of amides is 3. The summed E-state index contributed by atoms with van der Waals surface area (Å²) < 4.78 is 60.3. The number of aliphatic hydroxyl groups is 16. The minimum Gasteiger partial charge on any atom is -0.477 e. The number of hydrogen-bond donors (Lipinski definition) is 21. The molecule has 0 bridgehead atoms. The standard InChI is InChI=1S/C83H149N3O34/c1-6-8-10-12-14-16-18-20-21-22-23-24-25-27-29-31-33-35-37-39-62(99)86-53(54(95)38-36-34-32-30-28-26-19-17-15-13-11-9-7-2)48-111-78-70(105)69(104)72(60(46-90)113-78)115-79-71(106)76(73(61(47-91)114-79)116-77-52(40-49(3)92)65(100)67(102)58(44-88)112-77)120-83(81(109)110)42-56(97)64(85-51(5)94)75(119-83)68(103)59(45-89)117-82(80(107)108)41-55(96)63(84-50(4)93)74(118-82)66(101)57(98)43-87/h52-61,63-79,87-91,95-98,100-106H,6-48H2,1-5H3,(H,84,93)(H,85,94)(H,86,99)(H,107,108)(H,109,110). The van der Waals surface area contributed by atoms with Crippen molar-refractivity contribution in [1.82, 2.24) is 16.0 Å². The molecule has 5 saturated heterocycles. The van der Waals surface area contributed by atoms with Crippen molar-refractivity contribution in [3.05, 3.63) is 0 Å². The molecule has 0 spiro atoms. The Morgan fingerprint density at radius 2 is 0.858 bits per heavy atom. The Morgan fingerprint density at radius 1 is 0.442 bits per heavy atom. The molecule has 0 aliphatic carbocycles. The zero-order valence-corrected chi connectivity index (χ0v) is 71.1. The molecule has 0 aromatic rings. The summed E-state index contributed by atoms with van der Waals surface area (Å²) in [4.78, 5) is 79.3. The van der Waals surface area contributed by atoms with E-state index < -0.39 is 265 Å². The van der Waals surface area contributed by atoms with Gasteiger partial charge in [-0.1, -0.05) is 213 Å². The number of carbonyl (C=O) groups excluding carboxylic acids is 4. The van der Waals surface area contributed by atoms with Gasteiger partial charge < -0.3 is 160 Å². The maximum Gasteiger partial charge on any atom is 0.364 e. The van der Waals surface area contributed by atoms with E-state index in [2.05, 4.69) is 29.8 Å². The zero-order valence-electron chi connectivity index (χ0n) is 71.1. The summed E-state index contributed by atoms with van der Waals surface area (Å²) in [6, 6.07) is -4.87. The van der Waals surface area contributed by atoms with E-state index >= 15 is 0 Å². The summed E-state index contributed by atoms with van der Waals surface area (Å²) >= 11 is 0. The molecule has 5 fully saturated rings. The molecule has 0 aromatic carbocycles. The normalized spacial score (nSPS) is 32.6. The van der Waals surface area contributed by atoms with Crippen molar-refractivity contribution in [3.63, 3.8) is 0 Å². The fraction of sp³-hybridized carbons (Fsp3) is 0.928. The number of aliphatic hydroxyl groups excluding tert-OH is 16. The van der Waals surface area contributed by atoms with Crippen molar-refractivity contribution in [3.8, 4) is 0 Å². The SMILES string of the molecule is CCCCCCCCCCCCCCCCCCCCCC(=O)NC(COC1OC(CO)C(OC2OC(CO)C(OC3OC(CO)C(O)C(O)C3CC(C)=O)C(OC3(C(=O)O)CC(O)C(NC(C)=O)C(C(O)C(CO)OC4(C(=O)O)CC(O)C(NC(C)=O)C(C(O)C(O)CO)O4)O3)C2O)C(O)C1O)C(O)CCCCCCCCCCCCCCC. The second kappa shape index (κ2) is 56.2. The molecule has 29 unspecified atom stereocenters. The Balaban J connectivity index is 1.40. The molecule has 5 aliphatic heterocycles. The second-order valence-electron chi connectivity index (χ2n) is 33.5. The number of unbranched alkanes of at least 4 members (excludes halogenated alkanes) is 30. The van der Waals surface area contributed by atoms with Crippen molar-refractivity contribution < 1.29 is 168 Å². The van der Waals surface area contributed by atoms with Gasteiger partial charge in [0.15, 0.2) is 18.9 Å². The summed E-state index contributed by atoms with van der Waals surface area (Å²) in [5.74, 6) is -15.8. The summed E-state index contributed by atoms with van der Waals surface area (Å²) in [6.07, 6.45) is -15.5. The van der Waals surface area contributed by atoms with Gasteiger partial charge in [-0.25, -0.2) is 9.59 Å². The van der Waals surface area contributed by atoms with E-state index in [4.69, 9.17) is 47.4 Å².